The number of hydrogen-bond acceptors (Lipinski definition) is 4. The van der Waals surface area contributed by atoms with Gasteiger partial charge < -0.3 is 19.3 Å². The van der Waals surface area contributed by atoms with Gasteiger partial charge in [0.15, 0.2) is 0 Å². The number of carbonyl (C=O) groups excluding carboxylic acids is 1. The Kier molecular flexibility index (Phi) is 6.92. The number of anilines is 1. The lowest BCUT2D eigenvalue weighted by atomic mass is 9.75. The predicted octanol–water partition coefficient (Wildman–Crippen LogP) is 5.48. The van der Waals surface area contributed by atoms with Crippen molar-refractivity contribution in [3.8, 4) is 0 Å². The van der Waals surface area contributed by atoms with Gasteiger partial charge in [0.05, 0.1) is 29.3 Å². The third-order valence-corrected chi connectivity index (χ3v) is 8.13. The minimum atomic E-state index is -0.810. The molecule has 198 valence electrons. The molecule has 2 aliphatic heterocycles. The number of rotatable bonds is 7. The van der Waals surface area contributed by atoms with Crippen LogP contribution in [0.2, 0.25) is 0 Å². The molecule has 0 spiro atoms. The molecule has 2 heterocycles. The summed E-state index contributed by atoms with van der Waals surface area (Å²) in [5.41, 5.74) is 2.13. The summed E-state index contributed by atoms with van der Waals surface area (Å²) < 4.78 is 39.2. The Morgan fingerprint density at radius 1 is 0.868 bits per heavy atom. The van der Waals surface area contributed by atoms with Crippen LogP contribution in [-0.2, 0) is 14.1 Å². The van der Waals surface area contributed by atoms with E-state index in [-0.39, 0.29) is 29.5 Å². The summed E-state index contributed by atoms with van der Waals surface area (Å²) in [4.78, 5) is 15.0. The fourth-order valence-electron chi connectivity index (χ4n) is 5.12. The van der Waals surface area contributed by atoms with Crippen LogP contribution in [0, 0.1) is 17.6 Å². The Balaban J connectivity index is 1.37. The first-order chi connectivity index (χ1) is 18.0. The fourth-order valence-corrected chi connectivity index (χ4v) is 5.12. The van der Waals surface area contributed by atoms with Gasteiger partial charge in [-0.3, -0.25) is 4.79 Å². The average molecular weight is 519 g/mol. The molecular formula is C30H32BF2NO4. The summed E-state index contributed by atoms with van der Waals surface area (Å²) in [5, 5.41) is 10.7. The van der Waals surface area contributed by atoms with E-state index in [2.05, 4.69) is 0 Å². The zero-order chi connectivity index (χ0) is 27.2. The minimum Gasteiger partial charge on any atom is -0.399 e. The zero-order valence-corrected chi connectivity index (χ0v) is 22.0. The Hall–Kier alpha value is -3.07. The second kappa shape index (κ2) is 9.91. The van der Waals surface area contributed by atoms with Crippen molar-refractivity contribution in [3.63, 3.8) is 0 Å². The lowest BCUT2D eigenvalue weighted by molar-refractivity contribution is -0.131. The summed E-state index contributed by atoms with van der Waals surface area (Å²) >= 11 is 0. The molecule has 38 heavy (non-hydrogen) atoms. The highest BCUT2D eigenvalue weighted by Crippen LogP contribution is 2.46. The molecule has 0 aromatic heterocycles. The smallest absolute Gasteiger partial charge is 0.399 e. The topological polar surface area (TPSA) is 59.0 Å². The van der Waals surface area contributed by atoms with Crippen molar-refractivity contribution in [2.75, 3.05) is 4.90 Å². The average Bonchev–Trinajstić information content (AvgIpc) is 3.10. The highest BCUT2D eigenvalue weighted by atomic mass is 19.1. The number of amides is 1. The first kappa shape index (κ1) is 26.5. The normalized spacial score (nSPS) is 22.9. The maximum atomic E-state index is 13.6. The minimum absolute atomic E-state index is 0.0806. The van der Waals surface area contributed by atoms with Crippen molar-refractivity contribution in [3.05, 3.63) is 95.6 Å². The SMILES string of the molecule is CC1(C)OB(c2ccc(C3C(CCC(O)c4ccc(F)cc4)C(=O)N3c3ccc(F)cc3)cc2)OC1(C)C. The summed E-state index contributed by atoms with van der Waals surface area (Å²) in [6, 6.07) is 19.2. The van der Waals surface area contributed by atoms with E-state index in [1.54, 1.807) is 29.2 Å². The lowest BCUT2D eigenvalue weighted by Crippen LogP contribution is -2.55. The molecule has 5 rings (SSSR count). The third kappa shape index (κ3) is 4.88. The van der Waals surface area contributed by atoms with Crippen LogP contribution in [0.25, 0.3) is 0 Å². The molecule has 1 amide bonds. The van der Waals surface area contributed by atoms with Crippen LogP contribution >= 0.6 is 0 Å². The van der Waals surface area contributed by atoms with Crippen LogP contribution in [0.1, 0.15) is 63.8 Å². The molecule has 5 nitrogen and oxygen atoms in total. The van der Waals surface area contributed by atoms with Gasteiger partial charge in [0.25, 0.3) is 0 Å². The molecule has 0 bridgehead atoms. The molecule has 1 N–H and O–H groups in total. The van der Waals surface area contributed by atoms with Crippen LogP contribution < -0.4 is 10.4 Å². The van der Waals surface area contributed by atoms with Gasteiger partial charge in [-0.15, -0.1) is 0 Å². The molecular weight excluding hydrogens is 487 g/mol. The number of carbonyl (C=O) groups is 1. The Bertz CT molecular complexity index is 1280. The van der Waals surface area contributed by atoms with Gasteiger partial charge in [-0.25, -0.2) is 8.78 Å². The molecule has 8 heteroatoms. The van der Waals surface area contributed by atoms with Gasteiger partial charge in [-0.1, -0.05) is 36.4 Å². The van der Waals surface area contributed by atoms with Gasteiger partial charge in [0.2, 0.25) is 5.91 Å². The molecule has 3 aromatic carbocycles. The fraction of sp³-hybridized carbons (Fsp3) is 0.367. The van der Waals surface area contributed by atoms with Crippen LogP contribution in [0.3, 0.4) is 0 Å². The largest absolute Gasteiger partial charge is 0.494 e. The van der Waals surface area contributed by atoms with Crippen molar-refractivity contribution in [1.29, 1.82) is 0 Å². The monoisotopic (exact) mass is 519 g/mol. The lowest BCUT2D eigenvalue weighted by Gasteiger charge is -2.48. The number of aliphatic hydroxyl groups is 1. The van der Waals surface area contributed by atoms with Crippen LogP contribution in [0.5, 0.6) is 0 Å². The van der Waals surface area contributed by atoms with E-state index in [1.165, 1.54) is 24.3 Å². The van der Waals surface area contributed by atoms with Crippen molar-refractivity contribution >= 4 is 24.2 Å². The molecule has 3 aromatic rings. The van der Waals surface area contributed by atoms with Gasteiger partial charge in [0, 0.05) is 5.69 Å². The number of benzene rings is 3. The number of halogens is 2. The molecule has 3 unspecified atom stereocenters. The van der Waals surface area contributed by atoms with Crippen molar-refractivity contribution in [2.45, 2.75) is 63.9 Å². The number of aliphatic hydroxyl groups excluding tert-OH is 1. The first-order valence-electron chi connectivity index (χ1n) is 12.9. The number of hydrogen-bond donors (Lipinski definition) is 1. The third-order valence-electron chi connectivity index (χ3n) is 8.13. The van der Waals surface area contributed by atoms with Gasteiger partial charge in [-0.2, -0.15) is 0 Å². The predicted molar refractivity (Wildman–Crippen MR) is 143 cm³/mol. The maximum absolute atomic E-state index is 13.6. The molecule has 0 saturated carbocycles. The van der Waals surface area contributed by atoms with Crippen LogP contribution in [-0.4, -0.2) is 29.3 Å². The second-order valence-corrected chi connectivity index (χ2v) is 11.1. The first-order valence-corrected chi connectivity index (χ1v) is 12.9. The van der Waals surface area contributed by atoms with E-state index in [0.29, 0.717) is 24.1 Å². The molecule has 2 fully saturated rings. The standard InChI is InChI=1S/C30H32BF2NO4/c1-29(2)30(3,4)38-31(37-29)21-9-5-20(6-10-21)27-25(17-18-26(35)19-7-11-22(32)12-8-19)28(36)34(27)24-15-13-23(33)14-16-24/h5-16,25-27,35H,17-18H2,1-4H3. The van der Waals surface area contributed by atoms with Gasteiger partial charge in [-0.05, 0) is 93.5 Å². The molecule has 2 aliphatic rings. The Morgan fingerprint density at radius 2 is 1.39 bits per heavy atom. The Morgan fingerprint density at radius 3 is 1.95 bits per heavy atom. The summed E-state index contributed by atoms with van der Waals surface area (Å²) in [6.07, 6.45) is -0.0183. The van der Waals surface area contributed by atoms with Crippen molar-refractivity contribution in [1.82, 2.24) is 0 Å². The van der Waals surface area contributed by atoms with E-state index in [0.717, 1.165) is 11.0 Å². The summed E-state index contributed by atoms with van der Waals surface area (Å²) in [6.45, 7) is 8.03. The highest BCUT2D eigenvalue weighted by molar-refractivity contribution is 6.62. The van der Waals surface area contributed by atoms with E-state index in [1.807, 2.05) is 52.0 Å². The highest BCUT2D eigenvalue weighted by Gasteiger charge is 2.52. The van der Waals surface area contributed by atoms with E-state index in [4.69, 9.17) is 9.31 Å². The van der Waals surface area contributed by atoms with Crippen molar-refractivity contribution in [2.24, 2.45) is 5.92 Å². The van der Waals surface area contributed by atoms with E-state index in [9.17, 15) is 18.7 Å². The quantitative estimate of drug-likeness (QED) is 0.332. The summed E-state index contributed by atoms with van der Waals surface area (Å²) in [7, 11) is -0.494. The Labute approximate surface area is 222 Å². The molecule has 0 aliphatic carbocycles. The molecule has 3 atom stereocenters. The van der Waals surface area contributed by atoms with Crippen LogP contribution in [0.15, 0.2) is 72.8 Å². The van der Waals surface area contributed by atoms with Gasteiger partial charge in [0.1, 0.15) is 11.6 Å². The summed E-state index contributed by atoms with van der Waals surface area (Å²) in [5.74, 6) is -1.18. The van der Waals surface area contributed by atoms with E-state index < -0.39 is 24.4 Å². The van der Waals surface area contributed by atoms with E-state index >= 15 is 0 Å². The van der Waals surface area contributed by atoms with Gasteiger partial charge >= 0.3 is 7.12 Å². The second-order valence-electron chi connectivity index (χ2n) is 11.1. The molecule has 0 radical (unpaired) electrons. The van der Waals surface area contributed by atoms with Crippen LogP contribution in [0.4, 0.5) is 14.5 Å². The number of β-lactam (4-membered cyclic amide) rings is 1. The zero-order valence-electron chi connectivity index (χ0n) is 22.0. The maximum Gasteiger partial charge on any atom is 0.494 e. The molecule has 2 saturated heterocycles. The number of nitrogens with zero attached hydrogens (tertiary/aromatic N) is 1. The van der Waals surface area contributed by atoms with Crippen molar-refractivity contribution < 1.29 is 28.0 Å².